The summed E-state index contributed by atoms with van der Waals surface area (Å²) in [5.41, 5.74) is 1.79. The molecular weight excluding hydrogens is 152 g/mol. The van der Waals surface area contributed by atoms with Gasteiger partial charge in [-0.3, -0.25) is 9.59 Å². The quantitative estimate of drug-likeness (QED) is 0.462. The molecule has 2 heteroatoms. The average molecular weight is 166 g/mol. The van der Waals surface area contributed by atoms with Gasteiger partial charge in [0.25, 0.3) is 0 Å². The molecule has 0 aromatic rings. The molecule has 0 aromatic carbocycles. The topological polar surface area (TPSA) is 34.1 Å². The summed E-state index contributed by atoms with van der Waals surface area (Å²) >= 11 is 0. The molecule has 0 spiro atoms. The number of hydrogen-bond donors (Lipinski definition) is 0. The first-order valence-corrected chi connectivity index (χ1v) is 3.93. The van der Waals surface area contributed by atoms with Gasteiger partial charge in [0.05, 0.1) is 0 Å². The van der Waals surface area contributed by atoms with Crippen LogP contribution in [0.4, 0.5) is 0 Å². The summed E-state index contributed by atoms with van der Waals surface area (Å²) in [4.78, 5) is 20.2. The molecule has 0 atom stereocenters. The van der Waals surface area contributed by atoms with Gasteiger partial charge in [-0.1, -0.05) is 11.6 Å². The van der Waals surface area contributed by atoms with E-state index in [2.05, 4.69) is 0 Å². The van der Waals surface area contributed by atoms with Crippen LogP contribution in [-0.2, 0) is 9.59 Å². The molecule has 66 valence electrons. The van der Waals surface area contributed by atoms with Crippen molar-refractivity contribution in [1.29, 1.82) is 0 Å². The van der Waals surface area contributed by atoms with Crippen molar-refractivity contribution in [2.75, 3.05) is 0 Å². The number of rotatable bonds is 5. The Morgan fingerprint density at radius 3 is 2.42 bits per heavy atom. The lowest BCUT2D eigenvalue weighted by atomic mass is 10.1. The SMILES string of the molecule is C/C(C=O)=C\CC/C(C)=C/C=O. The molecule has 0 rings (SSSR count). The van der Waals surface area contributed by atoms with Crippen molar-refractivity contribution in [3.63, 3.8) is 0 Å². The van der Waals surface area contributed by atoms with Crippen LogP contribution in [0.2, 0.25) is 0 Å². The lowest BCUT2D eigenvalue weighted by Gasteiger charge is -1.94. The molecule has 0 saturated carbocycles. The van der Waals surface area contributed by atoms with E-state index >= 15 is 0 Å². The minimum Gasteiger partial charge on any atom is -0.299 e. The Hall–Kier alpha value is -1.18. The molecule has 0 aliphatic heterocycles. The maximum absolute atomic E-state index is 10.2. The monoisotopic (exact) mass is 166 g/mol. The number of carbonyl (C=O) groups excluding carboxylic acids is 2. The smallest absolute Gasteiger partial charge is 0.145 e. The first kappa shape index (κ1) is 10.8. The highest BCUT2D eigenvalue weighted by molar-refractivity contribution is 5.71. The Balaban J connectivity index is 3.76. The Labute approximate surface area is 73.0 Å². The highest BCUT2D eigenvalue weighted by Gasteiger charge is 1.88. The van der Waals surface area contributed by atoms with Crippen molar-refractivity contribution in [2.45, 2.75) is 26.7 Å². The van der Waals surface area contributed by atoms with Gasteiger partial charge in [-0.15, -0.1) is 0 Å². The van der Waals surface area contributed by atoms with Crippen molar-refractivity contribution in [2.24, 2.45) is 0 Å². The second-order valence-electron chi connectivity index (χ2n) is 2.75. The Kier molecular flexibility index (Phi) is 5.88. The van der Waals surface area contributed by atoms with Crippen LogP contribution in [0.25, 0.3) is 0 Å². The number of carbonyl (C=O) groups is 2. The van der Waals surface area contributed by atoms with Crippen molar-refractivity contribution in [1.82, 2.24) is 0 Å². The summed E-state index contributed by atoms with van der Waals surface area (Å²) in [6.45, 7) is 3.67. The van der Waals surface area contributed by atoms with Crippen molar-refractivity contribution >= 4 is 12.6 Å². The lowest BCUT2D eigenvalue weighted by molar-refractivity contribution is -0.105. The molecule has 0 radical (unpaired) electrons. The summed E-state index contributed by atoms with van der Waals surface area (Å²) in [6.07, 6.45) is 6.69. The second-order valence-corrected chi connectivity index (χ2v) is 2.75. The summed E-state index contributed by atoms with van der Waals surface area (Å²) in [6, 6.07) is 0. The highest BCUT2D eigenvalue weighted by atomic mass is 16.1. The van der Waals surface area contributed by atoms with Crippen LogP contribution in [0.5, 0.6) is 0 Å². The van der Waals surface area contributed by atoms with Crippen LogP contribution in [0, 0.1) is 0 Å². The molecule has 0 amide bonds. The summed E-state index contributed by atoms with van der Waals surface area (Å²) in [7, 11) is 0. The fourth-order valence-corrected chi connectivity index (χ4v) is 0.775. The van der Waals surface area contributed by atoms with Crippen LogP contribution in [0.15, 0.2) is 23.3 Å². The van der Waals surface area contributed by atoms with E-state index in [0.29, 0.717) is 0 Å². The molecular formula is C10H14O2. The molecule has 2 nitrogen and oxygen atoms in total. The third-order valence-corrected chi connectivity index (χ3v) is 1.54. The van der Waals surface area contributed by atoms with Crippen LogP contribution < -0.4 is 0 Å². The zero-order chi connectivity index (χ0) is 9.40. The van der Waals surface area contributed by atoms with Crippen LogP contribution >= 0.6 is 0 Å². The fourth-order valence-electron chi connectivity index (χ4n) is 0.775. The van der Waals surface area contributed by atoms with Crippen LogP contribution in [0.3, 0.4) is 0 Å². The van der Waals surface area contributed by atoms with Crippen molar-refractivity contribution < 1.29 is 9.59 Å². The van der Waals surface area contributed by atoms with E-state index in [1.807, 2.05) is 13.0 Å². The number of allylic oxidation sites excluding steroid dienone is 4. The van der Waals surface area contributed by atoms with Gasteiger partial charge in [0, 0.05) is 0 Å². The van der Waals surface area contributed by atoms with E-state index in [1.54, 1.807) is 13.0 Å². The van der Waals surface area contributed by atoms with Crippen LogP contribution in [-0.4, -0.2) is 12.6 Å². The van der Waals surface area contributed by atoms with E-state index < -0.39 is 0 Å². The predicted octanol–water partition coefficient (Wildman–Crippen LogP) is 2.06. The molecule has 0 aliphatic rings. The minimum absolute atomic E-state index is 0.744. The first-order valence-electron chi connectivity index (χ1n) is 3.93. The molecule has 0 fully saturated rings. The number of aldehydes is 2. The lowest BCUT2D eigenvalue weighted by Crippen LogP contribution is -1.80. The fraction of sp³-hybridized carbons (Fsp3) is 0.400. The molecule has 0 aliphatic carbocycles. The van der Waals surface area contributed by atoms with Gasteiger partial charge < -0.3 is 0 Å². The summed E-state index contributed by atoms with van der Waals surface area (Å²) in [5, 5.41) is 0. The standard InChI is InChI=1S/C10H14O2/c1-9(6-7-11)4-3-5-10(2)8-12/h5-8H,3-4H2,1-2H3/b9-6+,10-5+. The zero-order valence-corrected chi connectivity index (χ0v) is 7.54. The maximum Gasteiger partial charge on any atom is 0.145 e. The van der Waals surface area contributed by atoms with Crippen molar-refractivity contribution in [3.05, 3.63) is 23.3 Å². The third-order valence-electron chi connectivity index (χ3n) is 1.54. The molecule has 12 heavy (non-hydrogen) atoms. The van der Waals surface area contributed by atoms with E-state index in [-0.39, 0.29) is 0 Å². The summed E-state index contributed by atoms with van der Waals surface area (Å²) < 4.78 is 0. The minimum atomic E-state index is 0.744. The van der Waals surface area contributed by atoms with Gasteiger partial charge in [0.15, 0.2) is 0 Å². The largest absolute Gasteiger partial charge is 0.299 e. The maximum atomic E-state index is 10.2. The molecule has 0 saturated heterocycles. The van der Waals surface area contributed by atoms with E-state index in [0.717, 1.165) is 36.6 Å². The van der Waals surface area contributed by atoms with Gasteiger partial charge in [-0.05, 0) is 38.3 Å². The van der Waals surface area contributed by atoms with Crippen molar-refractivity contribution in [3.8, 4) is 0 Å². The predicted molar refractivity (Wildman–Crippen MR) is 48.9 cm³/mol. The Bertz CT molecular complexity index is 212. The van der Waals surface area contributed by atoms with Gasteiger partial charge in [-0.2, -0.15) is 0 Å². The molecule has 0 unspecified atom stereocenters. The van der Waals surface area contributed by atoms with Crippen LogP contribution in [0.1, 0.15) is 26.7 Å². The van der Waals surface area contributed by atoms with E-state index in [4.69, 9.17) is 0 Å². The summed E-state index contributed by atoms with van der Waals surface area (Å²) in [5.74, 6) is 0. The molecule has 0 aromatic heterocycles. The normalized spacial score (nSPS) is 12.8. The first-order chi connectivity index (χ1) is 5.70. The van der Waals surface area contributed by atoms with Gasteiger partial charge >= 0.3 is 0 Å². The number of hydrogen-bond acceptors (Lipinski definition) is 2. The third kappa shape index (κ3) is 5.59. The van der Waals surface area contributed by atoms with Gasteiger partial charge in [-0.25, -0.2) is 0 Å². The van der Waals surface area contributed by atoms with E-state index in [1.165, 1.54) is 0 Å². The van der Waals surface area contributed by atoms with Gasteiger partial charge in [0.2, 0.25) is 0 Å². The second kappa shape index (κ2) is 6.53. The highest BCUT2D eigenvalue weighted by Crippen LogP contribution is 2.04. The van der Waals surface area contributed by atoms with E-state index in [9.17, 15) is 9.59 Å². The molecule has 0 N–H and O–H groups in total. The van der Waals surface area contributed by atoms with Gasteiger partial charge in [0.1, 0.15) is 12.6 Å². The molecule has 0 heterocycles. The Morgan fingerprint density at radius 1 is 1.25 bits per heavy atom. The zero-order valence-electron chi connectivity index (χ0n) is 7.54. The Morgan fingerprint density at radius 2 is 1.92 bits per heavy atom. The molecule has 0 bridgehead atoms. The average Bonchev–Trinajstić information content (AvgIpc) is 2.04.